The molecule has 0 unspecified atom stereocenters. The first kappa shape index (κ1) is 20.5. The van der Waals surface area contributed by atoms with Gasteiger partial charge >= 0.3 is 6.03 Å². The molecule has 1 aliphatic carbocycles. The molecule has 0 aliphatic heterocycles. The zero-order chi connectivity index (χ0) is 20.8. The first-order valence-electron chi connectivity index (χ1n) is 9.23. The summed E-state index contributed by atoms with van der Waals surface area (Å²) in [5.41, 5.74) is 1.08. The molecule has 0 aromatic heterocycles. The van der Waals surface area contributed by atoms with E-state index >= 15 is 0 Å². The summed E-state index contributed by atoms with van der Waals surface area (Å²) in [4.78, 5) is 14.3. The van der Waals surface area contributed by atoms with Crippen LogP contribution < -0.4 is 14.8 Å². The Morgan fingerprint density at radius 1 is 1.24 bits per heavy atom. The van der Waals surface area contributed by atoms with Crippen molar-refractivity contribution in [2.45, 2.75) is 32.0 Å². The summed E-state index contributed by atoms with van der Waals surface area (Å²) >= 11 is 0. The number of carbonyl (C=O) groups excluding carboxylic acids is 1. The second-order valence-electron chi connectivity index (χ2n) is 6.73. The van der Waals surface area contributed by atoms with E-state index in [0.717, 1.165) is 24.5 Å². The highest BCUT2D eigenvalue weighted by Gasteiger charge is 2.33. The predicted octanol–water partition coefficient (Wildman–Crippen LogP) is 3.86. The molecule has 5 nitrogen and oxygen atoms in total. The fourth-order valence-electron chi connectivity index (χ4n) is 2.93. The third kappa shape index (κ3) is 5.38. The number of hydrogen-bond donors (Lipinski definition) is 1. The topological polar surface area (TPSA) is 50.8 Å². The van der Waals surface area contributed by atoms with Gasteiger partial charge in [0.2, 0.25) is 0 Å². The highest BCUT2D eigenvalue weighted by molar-refractivity contribution is 5.75. The second kappa shape index (κ2) is 9.28. The number of nitrogens with one attached hydrogen (secondary N) is 1. The summed E-state index contributed by atoms with van der Waals surface area (Å²) in [5, 5.41) is 2.85. The molecule has 2 aromatic rings. The molecule has 0 spiro atoms. The fraction of sp³-hybridized carbons (Fsp3) is 0.318. The Kier molecular flexibility index (Phi) is 6.55. The van der Waals surface area contributed by atoms with Gasteiger partial charge in [-0.3, -0.25) is 0 Å². The number of hydrogen-bond acceptors (Lipinski definition) is 3. The fourth-order valence-corrected chi connectivity index (χ4v) is 2.93. The summed E-state index contributed by atoms with van der Waals surface area (Å²) in [6.07, 6.45) is 6.96. The van der Waals surface area contributed by atoms with Crippen molar-refractivity contribution in [3.05, 3.63) is 59.2 Å². The molecular formula is C22H22F2N2O3. The van der Waals surface area contributed by atoms with Crippen LogP contribution in [-0.4, -0.2) is 30.7 Å². The van der Waals surface area contributed by atoms with E-state index in [2.05, 4.69) is 11.2 Å². The van der Waals surface area contributed by atoms with Crippen LogP contribution in [0.4, 0.5) is 13.6 Å². The van der Waals surface area contributed by atoms with Gasteiger partial charge in [-0.05, 0) is 36.6 Å². The molecule has 1 aliphatic rings. The standard InChI is InChI=1S/C22H22F2N2O3/c1-3-10-29-21-11-15(4-9-20(21)28-2)13-25-22(27)26(18-7-8-18)14-16-5-6-17(23)12-19(16)24/h1,4-6,9,11-12,18H,7-8,10,13-14H2,2H3,(H,25,27). The van der Waals surface area contributed by atoms with E-state index in [1.807, 2.05) is 6.07 Å². The van der Waals surface area contributed by atoms with Crippen LogP contribution in [0.1, 0.15) is 24.0 Å². The Balaban J connectivity index is 1.65. The van der Waals surface area contributed by atoms with Crippen LogP contribution in [0.2, 0.25) is 0 Å². The summed E-state index contributed by atoms with van der Waals surface area (Å²) < 4.78 is 37.8. The molecule has 0 atom stereocenters. The third-order valence-electron chi connectivity index (χ3n) is 4.59. The van der Waals surface area contributed by atoms with E-state index in [9.17, 15) is 13.6 Å². The number of urea groups is 1. The largest absolute Gasteiger partial charge is 0.493 e. The van der Waals surface area contributed by atoms with Crippen LogP contribution in [0, 0.1) is 24.0 Å². The average molecular weight is 400 g/mol. The summed E-state index contributed by atoms with van der Waals surface area (Å²) in [6, 6.07) is 8.43. The lowest BCUT2D eigenvalue weighted by Crippen LogP contribution is -2.40. The van der Waals surface area contributed by atoms with Gasteiger partial charge in [0.05, 0.1) is 13.7 Å². The second-order valence-corrected chi connectivity index (χ2v) is 6.73. The first-order valence-corrected chi connectivity index (χ1v) is 9.23. The van der Waals surface area contributed by atoms with Crippen molar-refractivity contribution in [1.82, 2.24) is 10.2 Å². The van der Waals surface area contributed by atoms with Crippen LogP contribution >= 0.6 is 0 Å². The molecule has 3 rings (SSSR count). The van der Waals surface area contributed by atoms with Crippen molar-refractivity contribution >= 4 is 6.03 Å². The third-order valence-corrected chi connectivity index (χ3v) is 4.59. The molecule has 0 radical (unpaired) electrons. The maximum atomic E-state index is 14.0. The average Bonchev–Trinajstić information content (AvgIpc) is 3.55. The number of halogens is 2. The van der Waals surface area contributed by atoms with Crippen LogP contribution in [0.25, 0.3) is 0 Å². The van der Waals surface area contributed by atoms with Crippen molar-refractivity contribution in [2.75, 3.05) is 13.7 Å². The molecule has 2 aromatic carbocycles. The number of rotatable bonds is 8. The van der Waals surface area contributed by atoms with Crippen LogP contribution in [0.3, 0.4) is 0 Å². The minimum atomic E-state index is -0.658. The summed E-state index contributed by atoms with van der Waals surface area (Å²) in [6.45, 7) is 0.441. The van der Waals surface area contributed by atoms with Gasteiger partial charge in [-0.1, -0.05) is 18.1 Å². The van der Waals surface area contributed by atoms with Crippen molar-refractivity contribution in [3.8, 4) is 23.8 Å². The van der Waals surface area contributed by atoms with E-state index in [1.54, 1.807) is 17.0 Å². The number of benzene rings is 2. The zero-order valence-corrected chi connectivity index (χ0v) is 16.1. The SMILES string of the molecule is C#CCOc1cc(CNC(=O)N(Cc2ccc(F)cc2F)C2CC2)ccc1OC. The smallest absolute Gasteiger partial charge is 0.318 e. The number of carbonyl (C=O) groups is 1. The number of nitrogens with zero attached hydrogens (tertiary/aromatic N) is 1. The summed E-state index contributed by atoms with van der Waals surface area (Å²) in [7, 11) is 1.53. The van der Waals surface area contributed by atoms with Crippen molar-refractivity contribution in [1.29, 1.82) is 0 Å². The highest BCUT2D eigenvalue weighted by Crippen LogP contribution is 2.30. The van der Waals surface area contributed by atoms with Crippen LogP contribution in [0.15, 0.2) is 36.4 Å². The minimum Gasteiger partial charge on any atom is -0.493 e. The lowest BCUT2D eigenvalue weighted by molar-refractivity contribution is 0.191. The van der Waals surface area contributed by atoms with E-state index in [4.69, 9.17) is 15.9 Å². The van der Waals surface area contributed by atoms with Crippen molar-refractivity contribution in [3.63, 3.8) is 0 Å². The monoisotopic (exact) mass is 400 g/mol. The number of methoxy groups -OCH3 is 1. The summed E-state index contributed by atoms with van der Waals surface area (Å²) in [5.74, 6) is 2.13. The molecule has 29 heavy (non-hydrogen) atoms. The molecule has 1 N–H and O–H groups in total. The van der Waals surface area contributed by atoms with E-state index in [-0.39, 0.29) is 37.3 Å². The van der Waals surface area contributed by atoms with Gasteiger partial charge in [0, 0.05) is 24.2 Å². The maximum absolute atomic E-state index is 14.0. The Morgan fingerprint density at radius 2 is 2.03 bits per heavy atom. The predicted molar refractivity (Wildman–Crippen MR) is 104 cm³/mol. The molecule has 0 saturated heterocycles. The van der Waals surface area contributed by atoms with E-state index < -0.39 is 11.6 Å². The van der Waals surface area contributed by atoms with Gasteiger partial charge in [0.1, 0.15) is 18.2 Å². The Bertz CT molecular complexity index is 923. The lowest BCUT2D eigenvalue weighted by atomic mass is 10.2. The molecule has 1 saturated carbocycles. The molecular weight excluding hydrogens is 378 g/mol. The van der Waals surface area contributed by atoms with E-state index in [1.165, 1.54) is 19.2 Å². The normalized spacial score (nSPS) is 12.8. The van der Waals surface area contributed by atoms with Gasteiger partial charge in [-0.25, -0.2) is 13.6 Å². The maximum Gasteiger partial charge on any atom is 0.318 e. The molecule has 2 amide bonds. The van der Waals surface area contributed by atoms with E-state index in [0.29, 0.717) is 11.5 Å². The quantitative estimate of drug-likeness (QED) is 0.685. The van der Waals surface area contributed by atoms with Gasteiger partial charge in [-0.2, -0.15) is 0 Å². The zero-order valence-electron chi connectivity index (χ0n) is 16.1. The first-order chi connectivity index (χ1) is 14.0. The van der Waals surface area contributed by atoms with Gasteiger partial charge in [0.25, 0.3) is 0 Å². The van der Waals surface area contributed by atoms with Gasteiger partial charge in [0.15, 0.2) is 11.5 Å². The van der Waals surface area contributed by atoms with Gasteiger partial charge < -0.3 is 19.7 Å². The van der Waals surface area contributed by atoms with Crippen LogP contribution in [0.5, 0.6) is 11.5 Å². The molecule has 0 heterocycles. The molecule has 0 bridgehead atoms. The van der Waals surface area contributed by atoms with Crippen molar-refractivity contribution < 1.29 is 23.0 Å². The Labute approximate surface area is 168 Å². The number of ether oxygens (including phenoxy) is 2. The number of terminal acetylenes is 1. The molecule has 7 heteroatoms. The van der Waals surface area contributed by atoms with Crippen molar-refractivity contribution in [2.24, 2.45) is 0 Å². The highest BCUT2D eigenvalue weighted by atomic mass is 19.1. The van der Waals surface area contributed by atoms with Gasteiger partial charge in [-0.15, -0.1) is 6.42 Å². The Morgan fingerprint density at radius 3 is 2.69 bits per heavy atom. The lowest BCUT2D eigenvalue weighted by Gasteiger charge is -2.23. The number of amides is 2. The molecule has 152 valence electrons. The minimum absolute atomic E-state index is 0.0600. The molecule has 1 fully saturated rings. The van der Waals surface area contributed by atoms with Crippen LogP contribution in [-0.2, 0) is 13.1 Å². The Hall–Kier alpha value is -3.27.